The minimum absolute atomic E-state index is 0.00115. The van der Waals surface area contributed by atoms with E-state index in [-0.39, 0.29) is 10.6 Å². The molecule has 4 rings (SSSR count). The number of ether oxygens (including phenoxy) is 2. The van der Waals surface area contributed by atoms with Gasteiger partial charge in [-0.2, -0.15) is 0 Å². The van der Waals surface area contributed by atoms with Crippen LogP contribution in [0.2, 0.25) is 0 Å². The highest BCUT2D eigenvalue weighted by Crippen LogP contribution is 2.40. The largest absolute Gasteiger partial charge is 0.497 e. The lowest BCUT2D eigenvalue weighted by molar-refractivity contribution is -0.137. The van der Waals surface area contributed by atoms with Crippen molar-refractivity contribution < 1.29 is 27.5 Å². The molecule has 0 bridgehead atoms. The molecule has 1 aliphatic rings. The van der Waals surface area contributed by atoms with E-state index in [2.05, 4.69) is 5.32 Å². The number of methoxy groups -OCH3 is 2. The van der Waals surface area contributed by atoms with E-state index >= 15 is 0 Å². The van der Waals surface area contributed by atoms with Crippen LogP contribution in [0.5, 0.6) is 5.75 Å². The van der Waals surface area contributed by atoms with Gasteiger partial charge in [-0.15, -0.1) is 0 Å². The quantitative estimate of drug-likeness (QED) is 0.546. The minimum Gasteiger partial charge on any atom is -0.497 e. The van der Waals surface area contributed by atoms with Gasteiger partial charge in [-0.3, -0.25) is 4.79 Å². The summed E-state index contributed by atoms with van der Waals surface area (Å²) in [7, 11) is -1.54. The van der Waals surface area contributed by atoms with E-state index in [1.54, 1.807) is 66.7 Å². The van der Waals surface area contributed by atoms with Crippen LogP contribution in [-0.2, 0) is 24.3 Å². The molecular weight excluding hydrogens is 456 g/mol. The van der Waals surface area contributed by atoms with Crippen molar-refractivity contribution in [1.29, 1.82) is 0 Å². The Bertz CT molecular complexity index is 1370. The fourth-order valence-corrected chi connectivity index (χ4v) is 5.39. The summed E-state index contributed by atoms with van der Waals surface area (Å²) < 4.78 is 38.0. The Kier molecular flexibility index (Phi) is 6.38. The van der Waals surface area contributed by atoms with Crippen LogP contribution < -0.4 is 10.1 Å². The number of fused-ring (bicyclic) bond motifs is 1. The highest BCUT2D eigenvalue weighted by atomic mass is 32.2. The maximum Gasteiger partial charge on any atom is 0.356 e. The van der Waals surface area contributed by atoms with E-state index in [4.69, 9.17) is 9.47 Å². The molecule has 8 nitrogen and oxygen atoms in total. The predicted octanol–water partition coefficient (Wildman–Crippen LogP) is 3.27. The minimum atomic E-state index is -4.23. The first-order valence-corrected chi connectivity index (χ1v) is 11.7. The lowest BCUT2D eigenvalue weighted by Crippen LogP contribution is -2.43. The molecule has 0 saturated heterocycles. The van der Waals surface area contributed by atoms with Crippen LogP contribution in [0.15, 0.2) is 89.5 Å². The van der Waals surface area contributed by atoms with Crippen LogP contribution in [-0.4, -0.2) is 45.4 Å². The SMILES string of the molecule is COC(=O)C1=C(c2ccccc2)c2ccccc2S(=O)(=O)N1CC(=O)Nc1ccc(OC)cc1. The van der Waals surface area contributed by atoms with Gasteiger partial charge in [-0.1, -0.05) is 48.5 Å². The predicted molar refractivity (Wildman–Crippen MR) is 126 cm³/mol. The molecule has 0 aliphatic carbocycles. The second-order valence-electron chi connectivity index (χ2n) is 7.37. The molecule has 0 saturated carbocycles. The second-order valence-corrected chi connectivity index (χ2v) is 9.20. The Morgan fingerprint density at radius 3 is 2.18 bits per heavy atom. The molecule has 1 amide bonds. The van der Waals surface area contributed by atoms with Crippen LogP contribution in [0, 0.1) is 0 Å². The summed E-state index contributed by atoms with van der Waals surface area (Å²) >= 11 is 0. The molecule has 1 heterocycles. The maximum absolute atomic E-state index is 13.6. The fourth-order valence-electron chi connectivity index (χ4n) is 3.76. The third-order valence-corrected chi connectivity index (χ3v) is 7.12. The molecule has 0 unspecified atom stereocenters. The summed E-state index contributed by atoms with van der Waals surface area (Å²) in [5, 5.41) is 2.66. The number of hydrogen-bond donors (Lipinski definition) is 1. The van der Waals surface area contributed by atoms with Crippen molar-refractivity contribution in [3.05, 3.63) is 95.7 Å². The van der Waals surface area contributed by atoms with Gasteiger partial charge in [0.25, 0.3) is 10.0 Å². The molecule has 34 heavy (non-hydrogen) atoms. The van der Waals surface area contributed by atoms with Gasteiger partial charge in [0.15, 0.2) is 0 Å². The number of amides is 1. The zero-order valence-electron chi connectivity index (χ0n) is 18.5. The monoisotopic (exact) mass is 478 g/mol. The molecule has 0 spiro atoms. The smallest absolute Gasteiger partial charge is 0.356 e. The van der Waals surface area contributed by atoms with E-state index in [1.807, 2.05) is 6.07 Å². The van der Waals surface area contributed by atoms with E-state index in [0.717, 1.165) is 4.31 Å². The van der Waals surface area contributed by atoms with Crippen molar-refractivity contribution in [2.45, 2.75) is 4.90 Å². The normalized spacial score (nSPS) is 14.2. The second kappa shape index (κ2) is 9.40. The first-order chi connectivity index (χ1) is 16.4. The number of anilines is 1. The molecule has 0 fully saturated rings. The van der Waals surface area contributed by atoms with Crippen LogP contribution in [0.25, 0.3) is 5.57 Å². The van der Waals surface area contributed by atoms with E-state index in [1.165, 1.54) is 20.3 Å². The average Bonchev–Trinajstić information content (AvgIpc) is 2.86. The highest BCUT2D eigenvalue weighted by Gasteiger charge is 2.41. The van der Waals surface area contributed by atoms with E-state index < -0.39 is 28.4 Å². The number of nitrogens with one attached hydrogen (secondary N) is 1. The number of rotatable bonds is 6. The van der Waals surface area contributed by atoms with Crippen LogP contribution in [0.3, 0.4) is 0 Å². The Balaban J connectivity index is 1.82. The zero-order chi connectivity index (χ0) is 24.3. The number of esters is 1. The third-order valence-electron chi connectivity index (χ3n) is 5.31. The number of sulfonamides is 1. The molecule has 1 N–H and O–H groups in total. The van der Waals surface area contributed by atoms with Crippen molar-refractivity contribution in [2.75, 3.05) is 26.1 Å². The fraction of sp³-hybridized carbons (Fsp3) is 0.120. The Morgan fingerprint density at radius 1 is 0.882 bits per heavy atom. The Morgan fingerprint density at radius 2 is 1.53 bits per heavy atom. The van der Waals surface area contributed by atoms with Gasteiger partial charge < -0.3 is 14.8 Å². The summed E-state index contributed by atoms with van der Waals surface area (Å²) in [4.78, 5) is 25.8. The van der Waals surface area contributed by atoms with Gasteiger partial charge in [-0.05, 0) is 35.9 Å². The van der Waals surface area contributed by atoms with Crippen LogP contribution >= 0.6 is 0 Å². The topological polar surface area (TPSA) is 102 Å². The molecule has 1 aliphatic heterocycles. The van der Waals surface area contributed by atoms with Gasteiger partial charge in [0.1, 0.15) is 18.0 Å². The molecule has 9 heteroatoms. The summed E-state index contributed by atoms with van der Waals surface area (Å²) in [6, 6.07) is 21.9. The molecule has 3 aromatic carbocycles. The molecular formula is C25H22N2O6S. The number of carbonyl (C=O) groups excluding carboxylic acids is 2. The molecule has 0 aromatic heterocycles. The van der Waals surface area contributed by atoms with Crippen LogP contribution in [0.1, 0.15) is 11.1 Å². The zero-order valence-corrected chi connectivity index (χ0v) is 19.3. The van der Waals surface area contributed by atoms with Crippen molar-refractivity contribution in [2.24, 2.45) is 0 Å². The van der Waals surface area contributed by atoms with E-state index in [9.17, 15) is 18.0 Å². The summed E-state index contributed by atoms with van der Waals surface area (Å²) in [6.45, 7) is -0.622. The van der Waals surface area contributed by atoms with Crippen molar-refractivity contribution in [3.8, 4) is 5.75 Å². The van der Waals surface area contributed by atoms with Gasteiger partial charge in [0.2, 0.25) is 5.91 Å². The summed E-state index contributed by atoms with van der Waals surface area (Å²) in [6.07, 6.45) is 0. The summed E-state index contributed by atoms with van der Waals surface area (Å²) in [5.41, 5.74) is 1.58. The Labute approximate surface area is 197 Å². The Hall–Kier alpha value is -4.11. The van der Waals surface area contributed by atoms with Gasteiger partial charge in [-0.25, -0.2) is 17.5 Å². The summed E-state index contributed by atoms with van der Waals surface area (Å²) in [5.74, 6) is -0.882. The first kappa shape index (κ1) is 23.1. The molecule has 0 atom stereocenters. The van der Waals surface area contributed by atoms with Gasteiger partial charge in [0, 0.05) is 16.8 Å². The van der Waals surface area contributed by atoms with Crippen LogP contribution in [0.4, 0.5) is 5.69 Å². The molecule has 0 radical (unpaired) electrons. The maximum atomic E-state index is 13.6. The lowest BCUT2D eigenvalue weighted by atomic mass is 9.95. The number of benzene rings is 3. The highest BCUT2D eigenvalue weighted by molar-refractivity contribution is 7.89. The van der Waals surface area contributed by atoms with Crippen molar-refractivity contribution in [3.63, 3.8) is 0 Å². The average molecular weight is 479 g/mol. The van der Waals surface area contributed by atoms with Crippen molar-refractivity contribution in [1.82, 2.24) is 4.31 Å². The van der Waals surface area contributed by atoms with E-state index in [0.29, 0.717) is 28.1 Å². The van der Waals surface area contributed by atoms with Gasteiger partial charge in [0.05, 0.1) is 19.1 Å². The standard InChI is InChI=1S/C25H22N2O6S/c1-32-19-14-12-18(13-15-19)26-22(28)16-27-24(25(29)33-2)23(17-8-4-3-5-9-17)20-10-6-7-11-21(20)34(27,30)31/h3-15H,16H2,1-2H3,(H,26,28). The lowest BCUT2D eigenvalue weighted by Gasteiger charge is -2.32. The number of hydrogen-bond acceptors (Lipinski definition) is 6. The van der Waals surface area contributed by atoms with Gasteiger partial charge >= 0.3 is 5.97 Å². The number of carbonyl (C=O) groups is 2. The van der Waals surface area contributed by atoms with Crippen molar-refractivity contribution >= 4 is 33.2 Å². The third kappa shape index (κ3) is 4.25. The first-order valence-electron chi connectivity index (χ1n) is 10.3. The molecule has 3 aromatic rings. The number of nitrogens with zero attached hydrogens (tertiary/aromatic N) is 1. The molecule has 174 valence electrons.